The van der Waals surface area contributed by atoms with E-state index in [4.69, 9.17) is 5.11 Å². The van der Waals surface area contributed by atoms with E-state index >= 15 is 0 Å². The van der Waals surface area contributed by atoms with Crippen LogP contribution in [0.1, 0.15) is 47.0 Å². The Morgan fingerprint density at radius 3 is 2.50 bits per heavy atom. The Kier molecular flexibility index (Phi) is 6.86. The predicted molar refractivity (Wildman–Crippen MR) is 82.8 cm³/mol. The number of carboxylic acid groups (broad SMARTS) is 1. The summed E-state index contributed by atoms with van der Waals surface area (Å²) >= 11 is 1.22. The second-order valence-corrected chi connectivity index (χ2v) is 7.39. The Morgan fingerprint density at radius 1 is 1.30 bits per heavy atom. The number of carboxylic acids is 1. The molecule has 1 fully saturated rings. The Bertz CT molecular complexity index is 346. The Balaban J connectivity index is 2.41. The maximum absolute atomic E-state index is 12.0. The van der Waals surface area contributed by atoms with E-state index in [0.29, 0.717) is 11.8 Å². The largest absolute Gasteiger partial charge is 0.480 e. The highest BCUT2D eigenvalue weighted by Gasteiger charge is 2.29. The monoisotopic (exact) mass is 301 g/mol. The first-order chi connectivity index (χ1) is 9.32. The Labute approximate surface area is 126 Å². The smallest absolute Gasteiger partial charge is 0.316 e. The zero-order chi connectivity index (χ0) is 15.3. The van der Waals surface area contributed by atoms with Gasteiger partial charge in [0.05, 0.1) is 5.75 Å². The van der Waals surface area contributed by atoms with Gasteiger partial charge >= 0.3 is 5.97 Å². The number of amides is 1. The molecule has 0 aromatic rings. The summed E-state index contributed by atoms with van der Waals surface area (Å²) in [5.41, 5.74) is 0. The summed E-state index contributed by atoms with van der Waals surface area (Å²) in [5.74, 6) is 0.527. The van der Waals surface area contributed by atoms with Crippen LogP contribution in [0.2, 0.25) is 0 Å². The highest BCUT2D eigenvalue weighted by atomic mass is 32.2. The van der Waals surface area contributed by atoms with Gasteiger partial charge in [-0.15, -0.1) is 11.8 Å². The van der Waals surface area contributed by atoms with Crippen molar-refractivity contribution in [1.29, 1.82) is 0 Å². The van der Waals surface area contributed by atoms with E-state index in [-0.39, 0.29) is 23.6 Å². The average molecular weight is 301 g/mol. The number of hydrogen-bond donors (Lipinski definition) is 2. The molecule has 1 aliphatic rings. The molecule has 4 atom stereocenters. The minimum atomic E-state index is -0.836. The summed E-state index contributed by atoms with van der Waals surface area (Å²) in [6, 6.07) is 0.245. The first kappa shape index (κ1) is 17.3. The normalized spacial score (nSPS) is 28.1. The molecule has 1 rings (SSSR count). The molecule has 20 heavy (non-hydrogen) atoms. The average Bonchev–Trinajstić information content (AvgIpc) is 2.34. The van der Waals surface area contributed by atoms with Gasteiger partial charge in [0.25, 0.3) is 0 Å². The fraction of sp³-hybridized carbons (Fsp3) is 0.867. The van der Waals surface area contributed by atoms with Crippen LogP contribution in [0.5, 0.6) is 0 Å². The number of carbonyl (C=O) groups excluding carboxylic acids is 1. The first-order valence-corrected chi connectivity index (χ1v) is 8.51. The lowest BCUT2D eigenvalue weighted by Gasteiger charge is -2.34. The van der Waals surface area contributed by atoms with Crippen molar-refractivity contribution in [3.63, 3.8) is 0 Å². The molecule has 2 N–H and O–H groups in total. The summed E-state index contributed by atoms with van der Waals surface area (Å²) in [5, 5.41) is 11.7. The molecule has 0 aliphatic heterocycles. The van der Waals surface area contributed by atoms with Crippen LogP contribution in [0.25, 0.3) is 0 Å². The lowest BCUT2D eigenvalue weighted by atomic mass is 9.78. The minimum absolute atomic E-state index is 0.0268. The lowest BCUT2D eigenvalue weighted by Crippen LogP contribution is -2.44. The van der Waals surface area contributed by atoms with Gasteiger partial charge in [0.15, 0.2) is 0 Å². The SMILES string of the molecule is CC(C)C(SCC(=O)NC1CCCC(C)C1C)C(=O)O. The molecule has 1 saturated carbocycles. The lowest BCUT2D eigenvalue weighted by molar-refractivity contribution is -0.137. The highest BCUT2D eigenvalue weighted by Crippen LogP contribution is 2.29. The summed E-state index contributed by atoms with van der Waals surface area (Å²) in [6.45, 7) is 8.16. The second kappa shape index (κ2) is 7.91. The van der Waals surface area contributed by atoms with E-state index in [0.717, 1.165) is 12.8 Å². The molecule has 0 spiro atoms. The molecule has 4 nitrogen and oxygen atoms in total. The molecular formula is C15H27NO3S. The van der Waals surface area contributed by atoms with Gasteiger partial charge in [0, 0.05) is 6.04 Å². The van der Waals surface area contributed by atoms with Gasteiger partial charge in [0.2, 0.25) is 5.91 Å². The summed E-state index contributed by atoms with van der Waals surface area (Å²) in [4.78, 5) is 23.1. The molecule has 0 aromatic carbocycles. The summed E-state index contributed by atoms with van der Waals surface area (Å²) in [6.07, 6.45) is 3.43. The van der Waals surface area contributed by atoms with Gasteiger partial charge in [-0.3, -0.25) is 9.59 Å². The van der Waals surface area contributed by atoms with Crippen LogP contribution < -0.4 is 5.32 Å². The molecule has 0 heterocycles. The molecule has 5 heteroatoms. The van der Waals surface area contributed by atoms with Gasteiger partial charge in [-0.2, -0.15) is 0 Å². The fourth-order valence-corrected chi connectivity index (χ4v) is 3.69. The Morgan fingerprint density at radius 2 is 1.95 bits per heavy atom. The third-order valence-corrected chi connectivity index (χ3v) is 5.83. The van der Waals surface area contributed by atoms with E-state index in [1.54, 1.807) is 0 Å². The van der Waals surface area contributed by atoms with Crippen LogP contribution in [-0.4, -0.2) is 34.0 Å². The molecule has 1 aliphatic carbocycles. The molecule has 116 valence electrons. The van der Waals surface area contributed by atoms with E-state index < -0.39 is 11.2 Å². The number of nitrogens with one attached hydrogen (secondary N) is 1. The maximum atomic E-state index is 12.0. The number of rotatable bonds is 6. The van der Waals surface area contributed by atoms with Crippen molar-refractivity contribution >= 4 is 23.6 Å². The zero-order valence-electron chi connectivity index (χ0n) is 12.9. The molecule has 0 bridgehead atoms. The molecular weight excluding hydrogens is 274 g/mol. The third-order valence-electron chi connectivity index (χ3n) is 4.30. The van der Waals surface area contributed by atoms with Gasteiger partial charge in [-0.05, 0) is 24.2 Å². The van der Waals surface area contributed by atoms with Crippen molar-refractivity contribution in [2.24, 2.45) is 17.8 Å². The Hall–Kier alpha value is -0.710. The predicted octanol–water partition coefficient (Wildman–Crippen LogP) is 2.77. The molecule has 4 unspecified atom stereocenters. The standard InChI is InChI=1S/C15H27NO3S/c1-9(2)14(15(18)19)20-8-13(17)16-12-7-5-6-10(3)11(12)4/h9-12,14H,5-8H2,1-4H3,(H,16,17)(H,18,19). The van der Waals surface area contributed by atoms with Crippen molar-refractivity contribution in [2.45, 2.75) is 58.2 Å². The van der Waals surface area contributed by atoms with Crippen LogP contribution in [-0.2, 0) is 9.59 Å². The van der Waals surface area contributed by atoms with Gasteiger partial charge in [-0.25, -0.2) is 0 Å². The van der Waals surface area contributed by atoms with Crippen LogP contribution in [0.15, 0.2) is 0 Å². The van der Waals surface area contributed by atoms with Crippen molar-refractivity contribution < 1.29 is 14.7 Å². The van der Waals surface area contributed by atoms with E-state index in [2.05, 4.69) is 19.2 Å². The number of hydrogen-bond acceptors (Lipinski definition) is 3. The van der Waals surface area contributed by atoms with Crippen molar-refractivity contribution in [1.82, 2.24) is 5.32 Å². The number of carbonyl (C=O) groups is 2. The highest BCUT2D eigenvalue weighted by molar-refractivity contribution is 8.01. The van der Waals surface area contributed by atoms with E-state index in [1.807, 2.05) is 13.8 Å². The number of aliphatic carboxylic acids is 1. The van der Waals surface area contributed by atoms with E-state index in [9.17, 15) is 9.59 Å². The third kappa shape index (κ3) is 5.00. The van der Waals surface area contributed by atoms with Gasteiger partial charge in [-0.1, -0.05) is 40.5 Å². The van der Waals surface area contributed by atoms with E-state index in [1.165, 1.54) is 18.2 Å². The zero-order valence-corrected chi connectivity index (χ0v) is 13.7. The summed E-state index contributed by atoms with van der Waals surface area (Å²) in [7, 11) is 0. The first-order valence-electron chi connectivity index (χ1n) is 7.46. The maximum Gasteiger partial charge on any atom is 0.316 e. The van der Waals surface area contributed by atoms with Gasteiger partial charge in [0.1, 0.15) is 5.25 Å². The van der Waals surface area contributed by atoms with Gasteiger partial charge < -0.3 is 10.4 Å². The van der Waals surface area contributed by atoms with Crippen LogP contribution in [0, 0.1) is 17.8 Å². The minimum Gasteiger partial charge on any atom is -0.480 e. The summed E-state index contributed by atoms with van der Waals surface area (Å²) < 4.78 is 0. The van der Waals surface area contributed by atoms with Crippen molar-refractivity contribution in [3.8, 4) is 0 Å². The fourth-order valence-electron chi connectivity index (χ4n) is 2.75. The van der Waals surface area contributed by atoms with Crippen LogP contribution >= 0.6 is 11.8 Å². The van der Waals surface area contributed by atoms with Crippen LogP contribution in [0.4, 0.5) is 0 Å². The quantitative estimate of drug-likeness (QED) is 0.791. The number of thioether (sulfide) groups is 1. The molecule has 0 radical (unpaired) electrons. The van der Waals surface area contributed by atoms with Crippen molar-refractivity contribution in [3.05, 3.63) is 0 Å². The van der Waals surface area contributed by atoms with Crippen LogP contribution in [0.3, 0.4) is 0 Å². The molecule has 1 amide bonds. The second-order valence-electron chi connectivity index (χ2n) is 6.26. The topological polar surface area (TPSA) is 66.4 Å². The molecule has 0 saturated heterocycles. The van der Waals surface area contributed by atoms with Crippen molar-refractivity contribution in [2.75, 3.05) is 5.75 Å². The molecule has 0 aromatic heterocycles.